The Hall–Kier alpha value is -2.80. The molecule has 0 bridgehead atoms. The van der Waals surface area contributed by atoms with Gasteiger partial charge in [-0.15, -0.1) is 0 Å². The van der Waals surface area contributed by atoms with Crippen LogP contribution >= 0.6 is 11.6 Å². The summed E-state index contributed by atoms with van der Waals surface area (Å²) in [5, 5.41) is 6.34. The summed E-state index contributed by atoms with van der Waals surface area (Å²) in [6, 6.07) is 7.50. The summed E-state index contributed by atoms with van der Waals surface area (Å²) in [6.45, 7) is 0.305. The predicted octanol–water partition coefficient (Wildman–Crippen LogP) is 4.25. The van der Waals surface area contributed by atoms with Gasteiger partial charge >= 0.3 is 0 Å². The zero-order valence-corrected chi connectivity index (χ0v) is 13.4. The average molecular weight is 366 g/mol. The Morgan fingerprint density at radius 1 is 1.16 bits per heavy atom. The summed E-state index contributed by atoms with van der Waals surface area (Å²) < 4.78 is 41.0. The van der Waals surface area contributed by atoms with Crippen molar-refractivity contribution in [3.05, 3.63) is 82.4 Å². The topological polar surface area (TPSA) is 46.9 Å². The SMILES string of the molecule is O=C(Nc1cnn(Cc2cccc(F)c2)c1)c1cc(F)c(F)cc1Cl. The number of nitrogens with one attached hydrogen (secondary N) is 1. The van der Waals surface area contributed by atoms with Gasteiger partial charge in [-0.05, 0) is 29.8 Å². The Labute approximate surface area is 145 Å². The number of aromatic nitrogens is 2. The lowest BCUT2D eigenvalue weighted by atomic mass is 10.2. The average Bonchev–Trinajstić information content (AvgIpc) is 2.97. The number of carbonyl (C=O) groups excluding carboxylic acids is 1. The summed E-state index contributed by atoms with van der Waals surface area (Å²) in [5.41, 5.74) is 0.838. The van der Waals surface area contributed by atoms with Crippen LogP contribution in [-0.2, 0) is 6.54 Å². The van der Waals surface area contributed by atoms with Gasteiger partial charge < -0.3 is 5.32 Å². The molecule has 1 heterocycles. The van der Waals surface area contributed by atoms with Gasteiger partial charge in [0.05, 0.1) is 29.0 Å². The molecule has 0 aliphatic rings. The van der Waals surface area contributed by atoms with Gasteiger partial charge in [0.15, 0.2) is 11.6 Å². The van der Waals surface area contributed by atoms with Crippen LogP contribution in [0.5, 0.6) is 0 Å². The van der Waals surface area contributed by atoms with Crippen molar-refractivity contribution in [2.24, 2.45) is 0 Å². The molecule has 8 heteroatoms. The fourth-order valence-corrected chi connectivity index (χ4v) is 2.47. The Balaban J connectivity index is 1.73. The molecule has 4 nitrogen and oxygen atoms in total. The largest absolute Gasteiger partial charge is 0.319 e. The number of nitrogens with zero attached hydrogens (tertiary/aromatic N) is 2. The monoisotopic (exact) mass is 365 g/mol. The molecule has 1 N–H and O–H groups in total. The minimum absolute atomic E-state index is 0.196. The highest BCUT2D eigenvalue weighted by atomic mass is 35.5. The van der Waals surface area contributed by atoms with Crippen molar-refractivity contribution >= 4 is 23.2 Å². The highest BCUT2D eigenvalue weighted by Crippen LogP contribution is 2.21. The van der Waals surface area contributed by atoms with Crippen LogP contribution in [0.2, 0.25) is 5.02 Å². The quantitative estimate of drug-likeness (QED) is 0.702. The van der Waals surface area contributed by atoms with E-state index < -0.39 is 17.5 Å². The normalized spacial score (nSPS) is 10.7. The Morgan fingerprint density at radius 2 is 1.92 bits per heavy atom. The first kappa shape index (κ1) is 17.0. The number of rotatable bonds is 4. The molecule has 1 amide bonds. The van der Waals surface area contributed by atoms with Crippen LogP contribution in [0.25, 0.3) is 0 Å². The van der Waals surface area contributed by atoms with Crippen LogP contribution in [0.3, 0.4) is 0 Å². The fourth-order valence-electron chi connectivity index (χ4n) is 2.23. The van der Waals surface area contributed by atoms with E-state index in [0.717, 1.165) is 12.1 Å². The maximum absolute atomic E-state index is 13.3. The number of hydrogen-bond donors (Lipinski definition) is 1. The van der Waals surface area contributed by atoms with E-state index in [1.165, 1.54) is 29.2 Å². The highest BCUT2D eigenvalue weighted by molar-refractivity contribution is 6.34. The highest BCUT2D eigenvalue weighted by Gasteiger charge is 2.15. The first-order chi connectivity index (χ1) is 11.9. The van der Waals surface area contributed by atoms with Crippen molar-refractivity contribution in [3.8, 4) is 0 Å². The Bertz CT molecular complexity index is 943. The van der Waals surface area contributed by atoms with Gasteiger partial charge in [0.25, 0.3) is 5.91 Å². The van der Waals surface area contributed by atoms with Crippen molar-refractivity contribution in [2.45, 2.75) is 6.54 Å². The molecule has 3 aromatic rings. The third kappa shape index (κ3) is 4.00. The lowest BCUT2D eigenvalue weighted by Crippen LogP contribution is -2.13. The first-order valence-corrected chi connectivity index (χ1v) is 7.53. The Kier molecular flexibility index (Phi) is 4.76. The van der Waals surface area contributed by atoms with Gasteiger partial charge in [0, 0.05) is 6.20 Å². The minimum atomic E-state index is -1.17. The first-order valence-electron chi connectivity index (χ1n) is 7.15. The second-order valence-corrected chi connectivity index (χ2v) is 5.66. The molecule has 0 aliphatic carbocycles. The van der Waals surface area contributed by atoms with Gasteiger partial charge in [-0.1, -0.05) is 23.7 Å². The molecule has 0 spiro atoms. The number of halogens is 4. The molecule has 2 aromatic carbocycles. The van der Waals surface area contributed by atoms with Crippen LogP contribution in [0.15, 0.2) is 48.8 Å². The van der Waals surface area contributed by atoms with Crippen LogP contribution < -0.4 is 5.32 Å². The lowest BCUT2D eigenvalue weighted by molar-refractivity contribution is 0.102. The van der Waals surface area contributed by atoms with Crippen LogP contribution in [0.1, 0.15) is 15.9 Å². The summed E-state index contributed by atoms with van der Waals surface area (Å²) >= 11 is 5.77. The van der Waals surface area contributed by atoms with E-state index in [1.807, 2.05) is 0 Å². The molecule has 0 atom stereocenters. The number of hydrogen-bond acceptors (Lipinski definition) is 2. The fraction of sp³-hybridized carbons (Fsp3) is 0.0588. The molecule has 1 aromatic heterocycles. The summed E-state index contributed by atoms with van der Waals surface area (Å²) in [6.07, 6.45) is 2.90. The molecule has 0 aliphatic heterocycles. The van der Waals surface area contributed by atoms with Crippen LogP contribution in [0, 0.1) is 17.5 Å². The van der Waals surface area contributed by atoms with Crippen LogP contribution in [-0.4, -0.2) is 15.7 Å². The van der Waals surface area contributed by atoms with E-state index in [1.54, 1.807) is 12.1 Å². The smallest absolute Gasteiger partial charge is 0.257 e. The number of anilines is 1. The number of carbonyl (C=O) groups is 1. The maximum atomic E-state index is 13.3. The van der Waals surface area contributed by atoms with E-state index in [9.17, 15) is 18.0 Å². The maximum Gasteiger partial charge on any atom is 0.257 e. The van der Waals surface area contributed by atoms with E-state index in [0.29, 0.717) is 17.8 Å². The summed E-state index contributed by atoms with van der Waals surface area (Å²) in [4.78, 5) is 12.1. The molecular formula is C17H11ClF3N3O. The van der Waals surface area contributed by atoms with Crippen molar-refractivity contribution in [3.63, 3.8) is 0 Å². The zero-order valence-electron chi connectivity index (χ0n) is 12.6. The van der Waals surface area contributed by atoms with Crippen molar-refractivity contribution in [1.29, 1.82) is 0 Å². The molecule has 0 saturated heterocycles. The second-order valence-electron chi connectivity index (χ2n) is 5.26. The molecule has 0 unspecified atom stereocenters. The molecule has 3 rings (SSSR count). The lowest BCUT2D eigenvalue weighted by Gasteiger charge is -2.05. The third-order valence-electron chi connectivity index (χ3n) is 3.38. The van der Waals surface area contributed by atoms with Gasteiger partial charge in [-0.3, -0.25) is 9.48 Å². The third-order valence-corrected chi connectivity index (χ3v) is 3.69. The molecular weight excluding hydrogens is 355 g/mol. The predicted molar refractivity (Wildman–Crippen MR) is 87.1 cm³/mol. The Morgan fingerprint density at radius 3 is 2.68 bits per heavy atom. The molecule has 0 radical (unpaired) electrons. The van der Waals surface area contributed by atoms with Crippen molar-refractivity contribution in [2.75, 3.05) is 5.32 Å². The van der Waals surface area contributed by atoms with Crippen LogP contribution in [0.4, 0.5) is 18.9 Å². The van der Waals surface area contributed by atoms with Crippen molar-refractivity contribution < 1.29 is 18.0 Å². The summed E-state index contributed by atoms with van der Waals surface area (Å²) in [7, 11) is 0. The van der Waals surface area contributed by atoms with E-state index in [2.05, 4.69) is 10.4 Å². The van der Waals surface area contributed by atoms with Gasteiger partial charge in [-0.2, -0.15) is 5.10 Å². The van der Waals surface area contributed by atoms with E-state index in [4.69, 9.17) is 11.6 Å². The molecule has 128 valence electrons. The van der Waals surface area contributed by atoms with Gasteiger partial charge in [-0.25, -0.2) is 13.2 Å². The second kappa shape index (κ2) is 6.98. The van der Waals surface area contributed by atoms with Gasteiger partial charge in [0.1, 0.15) is 5.82 Å². The van der Waals surface area contributed by atoms with Crippen molar-refractivity contribution in [1.82, 2.24) is 9.78 Å². The van der Waals surface area contributed by atoms with E-state index in [-0.39, 0.29) is 16.4 Å². The number of benzene rings is 2. The zero-order chi connectivity index (χ0) is 18.0. The molecule has 0 fully saturated rings. The van der Waals surface area contributed by atoms with E-state index >= 15 is 0 Å². The van der Waals surface area contributed by atoms with Gasteiger partial charge in [0.2, 0.25) is 0 Å². The minimum Gasteiger partial charge on any atom is -0.319 e. The number of amides is 1. The summed E-state index contributed by atoms with van der Waals surface area (Å²) in [5.74, 6) is -3.36. The molecule has 0 saturated carbocycles. The molecule has 25 heavy (non-hydrogen) atoms. The standard InChI is InChI=1S/C17H11ClF3N3O/c18-14-6-16(21)15(20)5-13(14)17(25)23-12-7-22-24(9-12)8-10-2-1-3-11(19)4-10/h1-7,9H,8H2,(H,23,25).